The largest absolute Gasteiger partial charge is 0.207 e. The highest BCUT2D eigenvalue weighted by Gasteiger charge is 1.95. The predicted octanol–water partition coefficient (Wildman–Crippen LogP) is 5.90. The Morgan fingerprint density at radius 3 is 1.78 bits per heavy atom. The Morgan fingerprint density at radius 1 is 0.722 bits per heavy atom. The molecule has 1 aromatic carbocycles. The number of unbranched alkanes of at least 4 members (excludes halogenated alkanes) is 8. The molecule has 0 radical (unpaired) electrons. The van der Waals surface area contributed by atoms with Crippen LogP contribution >= 0.6 is 0 Å². The van der Waals surface area contributed by atoms with E-state index in [1.807, 2.05) is 12.1 Å². The van der Waals surface area contributed by atoms with E-state index in [1.54, 1.807) is 12.1 Å². The van der Waals surface area contributed by atoms with E-state index in [0.29, 0.717) is 0 Å². The highest BCUT2D eigenvalue weighted by Crippen LogP contribution is 2.12. The molecule has 0 saturated carbocycles. The molecule has 0 fully saturated rings. The van der Waals surface area contributed by atoms with Gasteiger partial charge >= 0.3 is 0 Å². The van der Waals surface area contributed by atoms with Crippen LogP contribution in [0.2, 0.25) is 0 Å². The molecule has 0 nitrogen and oxygen atoms in total. The molecular weight excluding hydrogens is 223 g/mol. The molecule has 0 atom stereocenters. The van der Waals surface area contributed by atoms with Crippen LogP contribution in [0.4, 0.5) is 4.39 Å². The molecule has 0 aliphatic carbocycles. The first-order valence-electron chi connectivity index (χ1n) is 7.57. The van der Waals surface area contributed by atoms with Crippen molar-refractivity contribution < 1.29 is 4.39 Å². The van der Waals surface area contributed by atoms with Crippen molar-refractivity contribution in [2.24, 2.45) is 0 Å². The monoisotopic (exact) mass is 250 g/mol. The summed E-state index contributed by atoms with van der Waals surface area (Å²) in [7, 11) is 0. The van der Waals surface area contributed by atoms with Gasteiger partial charge in [0.15, 0.2) is 0 Å². The second-order valence-electron chi connectivity index (χ2n) is 5.20. The lowest BCUT2D eigenvalue weighted by molar-refractivity contribution is 0.564. The number of aryl methyl sites for hydroxylation is 1. The number of hydrogen-bond acceptors (Lipinski definition) is 0. The molecule has 1 aromatic rings. The van der Waals surface area contributed by atoms with Crippen LogP contribution in [0.1, 0.15) is 70.3 Å². The van der Waals surface area contributed by atoms with E-state index in [2.05, 4.69) is 6.92 Å². The van der Waals surface area contributed by atoms with Crippen LogP contribution < -0.4 is 0 Å². The van der Waals surface area contributed by atoms with Crippen LogP contribution in [0.25, 0.3) is 0 Å². The van der Waals surface area contributed by atoms with E-state index in [-0.39, 0.29) is 5.82 Å². The van der Waals surface area contributed by atoms with Crippen LogP contribution in [0.3, 0.4) is 0 Å². The zero-order valence-electron chi connectivity index (χ0n) is 11.8. The van der Waals surface area contributed by atoms with Crippen molar-refractivity contribution in [1.29, 1.82) is 0 Å². The Bertz CT molecular complexity index is 289. The normalized spacial score (nSPS) is 10.8. The fraction of sp³-hybridized carbons (Fsp3) is 0.647. The molecule has 0 amide bonds. The lowest BCUT2D eigenvalue weighted by Crippen LogP contribution is -1.87. The van der Waals surface area contributed by atoms with Crippen molar-refractivity contribution in [1.82, 2.24) is 0 Å². The summed E-state index contributed by atoms with van der Waals surface area (Å²) in [5.41, 5.74) is 1.26. The fourth-order valence-electron chi connectivity index (χ4n) is 2.29. The van der Waals surface area contributed by atoms with Gasteiger partial charge in [-0.3, -0.25) is 0 Å². The first kappa shape index (κ1) is 15.2. The Hall–Kier alpha value is -0.850. The number of hydrogen-bond donors (Lipinski definition) is 0. The smallest absolute Gasteiger partial charge is 0.123 e. The van der Waals surface area contributed by atoms with Crippen molar-refractivity contribution in [3.8, 4) is 0 Å². The molecule has 102 valence electrons. The van der Waals surface area contributed by atoms with E-state index in [4.69, 9.17) is 0 Å². The van der Waals surface area contributed by atoms with Crippen LogP contribution in [0.15, 0.2) is 24.3 Å². The summed E-state index contributed by atoms with van der Waals surface area (Å²) in [6, 6.07) is 6.92. The summed E-state index contributed by atoms with van der Waals surface area (Å²) < 4.78 is 12.7. The average molecular weight is 250 g/mol. The van der Waals surface area contributed by atoms with Gasteiger partial charge in [-0.25, -0.2) is 4.39 Å². The third-order valence-corrected chi connectivity index (χ3v) is 3.48. The molecule has 0 heterocycles. The molecule has 0 spiro atoms. The Morgan fingerprint density at radius 2 is 1.22 bits per heavy atom. The van der Waals surface area contributed by atoms with Gasteiger partial charge in [-0.05, 0) is 30.5 Å². The summed E-state index contributed by atoms with van der Waals surface area (Å²) >= 11 is 0. The zero-order valence-corrected chi connectivity index (χ0v) is 11.8. The van der Waals surface area contributed by atoms with E-state index in [9.17, 15) is 4.39 Å². The maximum absolute atomic E-state index is 12.7. The first-order chi connectivity index (χ1) is 8.83. The van der Waals surface area contributed by atoms with Crippen molar-refractivity contribution >= 4 is 0 Å². The Labute approximate surface area is 112 Å². The molecular formula is C17H27F. The first-order valence-corrected chi connectivity index (χ1v) is 7.57. The van der Waals surface area contributed by atoms with Crippen LogP contribution in [-0.4, -0.2) is 0 Å². The standard InChI is InChI=1S/C17H27F/c1-2-3-4-5-6-7-8-9-10-11-16-12-14-17(18)15-13-16/h12-15H,2-11H2,1H3. The second kappa shape index (κ2) is 10.1. The molecule has 0 bridgehead atoms. The van der Waals surface area contributed by atoms with Gasteiger partial charge < -0.3 is 0 Å². The maximum atomic E-state index is 12.7. The maximum Gasteiger partial charge on any atom is 0.123 e. The summed E-state index contributed by atoms with van der Waals surface area (Å²) in [4.78, 5) is 0. The fourth-order valence-corrected chi connectivity index (χ4v) is 2.29. The number of benzene rings is 1. The van der Waals surface area contributed by atoms with Gasteiger partial charge in [-0.2, -0.15) is 0 Å². The molecule has 18 heavy (non-hydrogen) atoms. The van der Waals surface area contributed by atoms with E-state index >= 15 is 0 Å². The Balaban J connectivity index is 1.91. The highest BCUT2D eigenvalue weighted by molar-refractivity contribution is 5.15. The van der Waals surface area contributed by atoms with Crippen molar-refractivity contribution in [3.63, 3.8) is 0 Å². The molecule has 1 heteroatoms. The molecule has 0 aliphatic heterocycles. The summed E-state index contributed by atoms with van der Waals surface area (Å²) in [5, 5.41) is 0. The predicted molar refractivity (Wildman–Crippen MR) is 77.3 cm³/mol. The SMILES string of the molecule is CCCCCCCCCCCc1ccc(F)cc1. The van der Waals surface area contributed by atoms with Gasteiger partial charge in [0, 0.05) is 0 Å². The molecule has 1 rings (SSSR count). The van der Waals surface area contributed by atoms with Crippen molar-refractivity contribution in [3.05, 3.63) is 35.6 Å². The lowest BCUT2D eigenvalue weighted by Gasteiger charge is -2.03. The third kappa shape index (κ3) is 7.47. The molecule has 0 unspecified atom stereocenters. The van der Waals surface area contributed by atoms with E-state index in [1.165, 1.54) is 63.4 Å². The molecule has 0 saturated heterocycles. The molecule has 0 aliphatic rings. The lowest BCUT2D eigenvalue weighted by atomic mass is 10.0. The second-order valence-corrected chi connectivity index (χ2v) is 5.20. The number of rotatable bonds is 10. The van der Waals surface area contributed by atoms with Gasteiger partial charge in [0.1, 0.15) is 5.82 Å². The van der Waals surface area contributed by atoms with Gasteiger partial charge in [0.25, 0.3) is 0 Å². The van der Waals surface area contributed by atoms with Gasteiger partial charge in [-0.1, -0.05) is 70.4 Å². The third-order valence-electron chi connectivity index (χ3n) is 3.48. The van der Waals surface area contributed by atoms with E-state index < -0.39 is 0 Å². The minimum Gasteiger partial charge on any atom is -0.207 e. The zero-order chi connectivity index (χ0) is 13.1. The van der Waals surface area contributed by atoms with E-state index in [0.717, 1.165) is 6.42 Å². The van der Waals surface area contributed by atoms with Crippen molar-refractivity contribution in [2.45, 2.75) is 71.1 Å². The topological polar surface area (TPSA) is 0 Å². The van der Waals surface area contributed by atoms with Crippen LogP contribution in [-0.2, 0) is 6.42 Å². The minimum atomic E-state index is -0.133. The van der Waals surface area contributed by atoms with Crippen LogP contribution in [0.5, 0.6) is 0 Å². The van der Waals surface area contributed by atoms with Crippen LogP contribution in [0, 0.1) is 5.82 Å². The summed E-state index contributed by atoms with van der Waals surface area (Å²) in [6.45, 7) is 2.26. The Kier molecular flexibility index (Phi) is 8.54. The van der Waals surface area contributed by atoms with Gasteiger partial charge in [0.05, 0.1) is 0 Å². The summed E-state index contributed by atoms with van der Waals surface area (Å²) in [6.07, 6.45) is 13.3. The van der Waals surface area contributed by atoms with Crippen molar-refractivity contribution in [2.75, 3.05) is 0 Å². The molecule has 0 aromatic heterocycles. The summed E-state index contributed by atoms with van der Waals surface area (Å²) in [5.74, 6) is -0.133. The van der Waals surface area contributed by atoms with Gasteiger partial charge in [-0.15, -0.1) is 0 Å². The minimum absolute atomic E-state index is 0.133. The van der Waals surface area contributed by atoms with Gasteiger partial charge in [0.2, 0.25) is 0 Å². The molecule has 0 N–H and O–H groups in total. The average Bonchev–Trinajstić information content (AvgIpc) is 2.39. The quantitative estimate of drug-likeness (QED) is 0.453. The highest BCUT2D eigenvalue weighted by atomic mass is 19.1. The number of halogens is 1.